The molecule has 0 bridgehead atoms. The van der Waals surface area contributed by atoms with E-state index < -0.39 is 13.2 Å². The monoisotopic (exact) mass is 405 g/mol. The van der Waals surface area contributed by atoms with E-state index in [9.17, 15) is 8.63 Å². The number of rotatable bonds is 4. The fourth-order valence-corrected chi connectivity index (χ4v) is 3.32. The van der Waals surface area contributed by atoms with Crippen LogP contribution in [-0.2, 0) is 9.31 Å². The summed E-state index contributed by atoms with van der Waals surface area (Å²) in [7, 11) is -4.41. The Kier molecular flexibility index (Phi) is 4.44. The van der Waals surface area contributed by atoms with Crippen molar-refractivity contribution in [3.8, 4) is 0 Å². The zero-order chi connectivity index (χ0) is 20.6. The van der Waals surface area contributed by atoms with Crippen LogP contribution < -0.4 is 0 Å². The molecule has 1 unspecified atom stereocenters. The largest absolute Gasteiger partial charge is 0.664 e. The average Bonchev–Trinajstić information content (AvgIpc) is 3.38. The molecule has 0 saturated carbocycles. The van der Waals surface area contributed by atoms with Crippen molar-refractivity contribution < 1.29 is 17.9 Å². The summed E-state index contributed by atoms with van der Waals surface area (Å²) in [5, 5.41) is 15.6. The molecular formula is C21H16BF2N4O2-. The zero-order valence-corrected chi connectivity index (χ0v) is 15.6. The van der Waals surface area contributed by atoms with E-state index in [4.69, 9.17) is 9.31 Å². The molecular weight excluding hydrogens is 389 g/mol. The van der Waals surface area contributed by atoms with Gasteiger partial charge in [0, 0.05) is 10.8 Å². The van der Waals surface area contributed by atoms with Gasteiger partial charge in [0.15, 0.2) is 0 Å². The second-order valence-electron chi connectivity index (χ2n) is 6.95. The molecule has 30 heavy (non-hydrogen) atoms. The lowest BCUT2D eigenvalue weighted by Crippen LogP contribution is -2.38. The van der Waals surface area contributed by atoms with Crippen molar-refractivity contribution in [3.05, 3.63) is 83.9 Å². The second kappa shape index (κ2) is 7.27. The van der Waals surface area contributed by atoms with Gasteiger partial charge in [-0.25, -0.2) is 0 Å². The average molecular weight is 405 g/mol. The normalized spacial score (nSPS) is 19.0. The van der Waals surface area contributed by atoms with E-state index in [2.05, 4.69) is 20.4 Å². The zero-order valence-electron chi connectivity index (χ0n) is 15.6. The third-order valence-corrected chi connectivity index (χ3v) is 4.76. The first-order chi connectivity index (χ1) is 14.5. The minimum Gasteiger partial charge on any atom is -0.639 e. The molecule has 2 aromatic carbocycles. The third kappa shape index (κ3) is 3.88. The molecule has 3 heterocycles. The van der Waals surface area contributed by atoms with Crippen molar-refractivity contribution in [2.75, 3.05) is 0 Å². The molecule has 0 aliphatic carbocycles. The maximum absolute atomic E-state index is 14.0. The van der Waals surface area contributed by atoms with E-state index >= 15 is 0 Å². The Morgan fingerprint density at radius 2 is 1.50 bits per heavy atom. The van der Waals surface area contributed by atoms with Crippen LogP contribution in [0.5, 0.6) is 0 Å². The van der Waals surface area contributed by atoms with Crippen LogP contribution in [0, 0.1) is 0 Å². The molecule has 150 valence electrons. The lowest BCUT2D eigenvalue weighted by atomic mass is 10.1. The van der Waals surface area contributed by atoms with Gasteiger partial charge in [-0.1, -0.05) is 30.4 Å². The highest BCUT2D eigenvalue weighted by Gasteiger charge is 2.36. The third-order valence-electron chi connectivity index (χ3n) is 4.76. The first kappa shape index (κ1) is 18.3. The Morgan fingerprint density at radius 1 is 0.867 bits per heavy atom. The van der Waals surface area contributed by atoms with Gasteiger partial charge < -0.3 is 17.9 Å². The summed E-state index contributed by atoms with van der Waals surface area (Å²) in [6, 6.07) is 11.3. The number of fused-ring (bicyclic) bond motifs is 2. The number of H-pyrrole nitrogens is 2. The lowest BCUT2D eigenvalue weighted by molar-refractivity contribution is 0.0891. The highest BCUT2D eigenvalue weighted by atomic mass is 19.3. The van der Waals surface area contributed by atoms with Crippen LogP contribution in [0.1, 0.15) is 11.1 Å². The van der Waals surface area contributed by atoms with E-state index in [1.54, 1.807) is 30.6 Å². The number of aromatic nitrogens is 4. The Balaban J connectivity index is 1.37. The molecule has 1 aliphatic rings. The summed E-state index contributed by atoms with van der Waals surface area (Å²) in [6.45, 7) is 0. The minimum absolute atomic E-state index is 0.0541. The molecule has 2 aromatic heterocycles. The molecule has 1 aliphatic heterocycles. The van der Waals surface area contributed by atoms with Gasteiger partial charge in [-0.2, -0.15) is 10.2 Å². The highest BCUT2D eigenvalue weighted by Crippen LogP contribution is 2.27. The molecule has 4 aromatic rings. The molecule has 0 fully saturated rings. The van der Waals surface area contributed by atoms with Gasteiger partial charge in [-0.3, -0.25) is 10.2 Å². The van der Waals surface area contributed by atoms with Gasteiger partial charge in [0.25, 0.3) is 0 Å². The van der Waals surface area contributed by atoms with E-state index in [-0.39, 0.29) is 5.76 Å². The fraction of sp³-hybridized carbons (Fsp3) is 0.0476. The quantitative estimate of drug-likeness (QED) is 0.477. The fourth-order valence-electron chi connectivity index (χ4n) is 3.32. The Bertz CT molecular complexity index is 1310. The van der Waals surface area contributed by atoms with Crippen LogP contribution in [0.25, 0.3) is 34.0 Å². The number of nitrogens with one attached hydrogen (secondary N) is 2. The number of hydrogen-bond acceptors (Lipinski definition) is 4. The van der Waals surface area contributed by atoms with Gasteiger partial charge in [0.05, 0.1) is 35.3 Å². The SMILES string of the molecule is F[B-]1(F)OC(/C=C/c2ccc3[nH]ncc3c2)=CC(/C=C/c2ccc3[nH]ncc3c2)O1. The summed E-state index contributed by atoms with van der Waals surface area (Å²) < 4.78 is 37.4. The Morgan fingerprint density at radius 3 is 2.17 bits per heavy atom. The van der Waals surface area contributed by atoms with Gasteiger partial charge in [-0.05, 0) is 47.5 Å². The molecule has 9 heteroatoms. The number of benzene rings is 2. The van der Waals surface area contributed by atoms with Crippen LogP contribution in [0.2, 0.25) is 0 Å². The predicted molar refractivity (Wildman–Crippen MR) is 112 cm³/mol. The standard InChI is InChI=1S/C21H16BF2N4O2/c23-22(24)29-18(5-1-14-3-7-20-16(9-14)12-25-27-20)11-19(30-22)6-2-15-4-8-21-17(10-15)13-26-28-21/h1-13,18H,(H,25,27)(H,26,28)/q-1/b5-1+,6-2+. The van der Waals surface area contributed by atoms with Crippen molar-refractivity contribution in [1.82, 2.24) is 20.4 Å². The van der Waals surface area contributed by atoms with Crippen molar-refractivity contribution in [3.63, 3.8) is 0 Å². The molecule has 0 spiro atoms. The minimum atomic E-state index is -4.41. The maximum atomic E-state index is 14.0. The summed E-state index contributed by atoms with van der Waals surface area (Å²) in [6.07, 6.45) is 10.5. The molecule has 2 N–H and O–H groups in total. The Labute approximate surface area is 170 Å². The molecule has 1 atom stereocenters. The van der Waals surface area contributed by atoms with Gasteiger partial charge in [0.2, 0.25) is 0 Å². The molecule has 5 rings (SSSR count). The summed E-state index contributed by atoms with van der Waals surface area (Å²) in [5.74, 6) is 0.0541. The van der Waals surface area contributed by atoms with Crippen molar-refractivity contribution >= 4 is 41.1 Å². The molecule has 0 amide bonds. The van der Waals surface area contributed by atoms with Crippen molar-refractivity contribution in [2.45, 2.75) is 6.10 Å². The van der Waals surface area contributed by atoms with Crippen LogP contribution >= 0.6 is 0 Å². The van der Waals surface area contributed by atoms with Gasteiger partial charge in [-0.15, -0.1) is 0 Å². The van der Waals surface area contributed by atoms with Crippen LogP contribution in [0.4, 0.5) is 8.63 Å². The summed E-state index contributed by atoms with van der Waals surface area (Å²) in [4.78, 5) is 0. The second-order valence-corrected chi connectivity index (χ2v) is 6.95. The van der Waals surface area contributed by atoms with Gasteiger partial charge in [0.1, 0.15) is 0 Å². The van der Waals surface area contributed by atoms with Gasteiger partial charge >= 0.3 is 7.11 Å². The van der Waals surface area contributed by atoms with Crippen molar-refractivity contribution in [1.29, 1.82) is 0 Å². The molecule has 0 radical (unpaired) electrons. The number of hydrogen-bond donors (Lipinski definition) is 2. The van der Waals surface area contributed by atoms with Crippen LogP contribution in [0.3, 0.4) is 0 Å². The molecule has 6 nitrogen and oxygen atoms in total. The topological polar surface area (TPSA) is 75.8 Å². The van der Waals surface area contributed by atoms with Crippen LogP contribution in [-0.4, -0.2) is 33.6 Å². The number of aromatic amines is 2. The summed E-state index contributed by atoms with van der Waals surface area (Å²) >= 11 is 0. The molecule has 0 saturated heterocycles. The smallest absolute Gasteiger partial charge is 0.639 e. The van der Waals surface area contributed by atoms with Crippen LogP contribution in [0.15, 0.2) is 72.8 Å². The lowest BCUT2D eigenvalue weighted by Gasteiger charge is -2.35. The first-order valence-electron chi connectivity index (χ1n) is 9.35. The van der Waals surface area contributed by atoms with E-state index in [0.717, 1.165) is 32.9 Å². The Hall–Kier alpha value is -3.72. The first-order valence-corrected chi connectivity index (χ1v) is 9.35. The predicted octanol–water partition coefficient (Wildman–Crippen LogP) is 4.84. The van der Waals surface area contributed by atoms with E-state index in [1.807, 2.05) is 36.4 Å². The number of nitrogens with zero attached hydrogens (tertiary/aromatic N) is 2. The van der Waals surface area contributed by atoms with E-state index in [0.29, 0.717) is 0 Å². The maximum Gasteiger partial charge on any atom is 0.664 e. The summed E-state index contributed by atoms with van der Waals surface area (Å²) in [5.41, 5.74) is 3.51. The van der Waals surface area contributed by atoms with E-state index in [1.165, 1.54) is 12.2 Å². The van der Waals surface area contributed by atoms with Crippen molar-refractivity contribution in [2.24, 2.45) is 0 Å². The highest BCUT2D eigenvalue weighted by molar-refractivity contribution is 6.52. The number of halogens is 2. The number of allylic oxidation sites excluding steroid dienone is 1.